The fourth-order valence-electron chi connectivity index (χ4n) is 1.39. The highest BCUT2D eigenvalue weighted by atomic mass is 32.1. The smallest absolute Gasteiger partial charge is 0.0299 e. The summed E-state index contributed by atoms with van der Waals surface area (Å²) in [6.45, 7) is 7.66. The minimum absolute atomic E-state index is 0.615. The van der Waals surface area contributed by atoms with Gasteiger partial charge < -0.3 is 10.6 Å². The van der Waals surface area contributed by atoms with Crippen molar-refractivity contribution in [2.24, 2.45) is 0 Å². The van der Waals surface area contributed by atoms with Crippen molar-refractivity contribution in [3.63, 3.8) is 0 Å². The molecule has 0 aromatic carbocycles. The third-order valence-corrected chi connectivity index (χ3v) is 3.09. The normalized spacial score (nSPS) is 11.1. The van der Waals surface area contributed by atoms with E-state index in [1.54, 1.807) is 0 Å². The molecule has 0 bridgehead atoms. The van der Waals surface area contributed by atoms with Crippen LogP contribution in [0.5, 0.6) is 0 Å². The molecule has 0 radical (unpaired) electrons. The fourth-order valence-corrected chi connectivity index (χ4v) is 2.06. The molecular weight excluding hydrogens is 204 g/mol. The van der Waals surface area contributed by atoms with E-state index in [1.165, 1.54) is 17.7 Å². The highest BCUT2D eigenvalue weighted by Crippen LogP contribution is 2.07. The quantitative estimate of drug-likeness (QED) is 0.666. The lowest BCUT2D eigenvalue weighted by atomic mass is 10.3. The highest BCUT2D eigenvalue weighted by Gasteiger charge is 1.94. The minimum atomic E-state index is 0.615. The van der Waals surface area contributed by atoms with Crippen LogP contribution in [0.4, 0.5) is 0 Å². The predicted molar refractivity (Wildman–Crippen MR) is 68.4 cm³/mol. The SMILES string of the molecule is CC(C)NCCCCNCc1cccs1. The highest BCUT2D eigenvalue weighted by molar-refractivity contribution is 7.09. The van der Waals surface area contributed by atoms with Crippen molar-refractivity contribution in [3.05, 3.63) is 22.4 Å². The average molecular weight is 226 g/mol. The molecule has 2 N–H and O–H groups in total. The molecule has 0 aliphatic heterocycles. The van der Waals surface area contributed by atoms with Gasteiger partial charge in [0.15, 0.2) is 0 Å². The van der Waals surface area contributed by atoms with E-state index in [0.29, 0.717) is 6.04 Å². The lowest BCUT2D eigenvalue weighted by molar-refractivity contribution is 0.542. The molecule has 1 aromatic heterocycles. The molecule has 0 saturated heterocycles. The molecule has 0 fully saturated rings. The van der Waals surface area contributed by atoms with Crippen LogP contribution < -0.4 is 10.6 Å². The summed E-state index contributed by atoms with van der Waals surface area (Å²) in [5, 5.41) is 9.01. The van der Waals surface area contributed by atoms with Gasteiger partial charge in [0.2, 0.25) is 0 Å². The maximum absolute atomic E-state index is 3.46. The van der Waals surface area contributed by atoms with Crippen molar-refractivity contribution in [3.8, 4) is 0 Å². The molecular formula is C12H22N2S. The van der Waals surface area contributed by atoms with Gasteiger partial charge in [-0.15, -0.1) is 11.3 Å². The second kappa shape index (κ2) is 7.85. The third kappa shape index (κ3) is 6.66. The van der Waals surface area contributed by atoms with Gasteiger partial charge in [-0.25, -0.2) is 0 Å². The first-order valence-corrected chi connectivity index (χ1v) is 6.63. The zero-order valence-corrected chi connectivity index (χ0v) is 10.6. The molecule has 0 aliphatic rings. The number of thiophene rings is 1. The Balaban J connectivity index is 1.85. The van der Waals surface area contributed by atoms with Crippen LogP contribution in [0, 0.1) is 0 Å². The van der Waals surface area contributed by atoms with Crippen LogP contribution in [0.3, 0.4) is 0 Å². The van der Waals surface area contributed by atoms with E-state index >= 15 is 0 Å². The molecule has 3 heteroatoms. The minimum Gasteiger partial charge on any atom is -0.315 e. The molecule has 0 atom stereocenters. The van der Waals surface area contributed by atoms with Gasteiger partial charge >= 0.3 is 0 Å². The van der Waals surface area contributed by atoms with E-state index in [4.69, 9.17) is 0 Å². The maximum atomic E-state index is 3.46. The van der Waals surface area contributed by atoms with Gasteiger partial charge in [-0.3, -0.25) is 0 Å². The largest absolute Gasteiger partial charge is 0.315 e. The summed E-state index contributed by atoms with van der Waals surface area (Å²) in [6, 6.07) is 4.90. The van der Waals surface area contributed by atoms with Crippen LogP contribution >= 0.6 is 11.3 Å². The predicted octanol–water partition coefficient (Wildman–Crippen LogP) is 2.62. The Labute approximate surface area is 97.1 Å². The summed E-state index contributed by atoms with van der Waals surface area (Å²) in [6.07, 6.45) is 2.51. The van der Waals surface area contributed by atoms with E-state index < -0.39 is 0 Å². The number of hydrogen-bond donors (Lipinski definition) is 2. The number of rotatable bonds is 8. The Hall–Kier alpha value is -0.380. The first-order valence-electron chi connectivity index (χ1n) is 5.75. The summed E-state index contributed by atoms with van der Waals surface area (Å²) in [5.41, 5.74) is 0. The van der Waals surface area contributed by atoms with Crippen LogP contribution in [0.15, 0.2) is 17.5 Å². The molecule has 2 nitrogen and oxygen atoms in total. The Morgan fingerprint density at radius 2 is 2.07 bits per heavy atom. The Kier molecular flexibility index (Phi) is 6.64. The molecule has 0 amide bonds. The number of nitrogens with one attached hydrogen (secondary N) is 2. The molecule has 1 heterocycles. The average Bonchev–Trinajstić information content (AvgIpc) is 2.68. The van der Waals surface area contributed by atoms with Crippen molar-refractivity contribution < 1.29 is 0 Å². The molecule has 0 unspecified atom stereocenters. The molecule has 86 valence electrons. The zero-order valence-electron chi connectivity index (χ0n) is 9.75. The van der Waals surface area contributed by atoms with Crippen molar-refractivity contribution >= 4 is 11.3 Å². The fraction of sp³-hybridized carbons (Fsp3) is 0.667. The summed E-state index contributed by atoms with van der Waals surface area (Å²) in [7, 11) is 0. The van der Waals surface area contributed by atoms with E-state index in [-0.39, 0.29) is 0 Å². The van der Waals surface area contributed by atoms with Crippen molar-refractivity contribution in [2.45, 2.75) is 39.3 Å². The second-order valence-corrected chi connectivity index (χ2v) is 5.10. The number of unbranched alkanes of at least 4 members (excludes halogenated alkanes) is 1. The van der Waals surface area contributed by atoms with Crippen LogP contribution in [-0.4, -0.2) is 19.1 Å². The third-order valence-electron chi connectivity index (χ3n) is 2.21. The van der Waals surface area contributed by atoms with Crippen LogP contribution in [0.1, 0.15) is 31.6 Å². The first kappa shape index (κ1) is 12.7. The Bertz CT molecular complexity index is 232. The summed E-state index contributed by atoms with van der Waals surface area (Å²) in [4.78, 5) is 1.43. The Morgan fingerprint density at radius 1 is 1.27 bits per heavy atom. The van der Waals surface area contributed by atoms with E-state index in [2.05, 4.69) is 42.0 Å². The molecule has 1 rings (SSSR count). The molecule has 0 aliphatic carbocycles. The van der Waals surface area contributed by atoms with E-state index in [0.717, 1.165) is 19.6 Å². The van der Waals surface area contributed by atoms with Gasteiger partial charge in [-0.05, 0) is 37.4 Å². The van der Waals surface area contributed by atoms with Crippen molar-refractivity contribution in [1.82, 2.24) is 10.6 Å². The van der Waals surface area contributed by atoms with Crippen LogP contribution in [-0.2, 0) is 6.54 Å². The molecule has 1 aromatic rings. The first-order chi connectivity index (χ1) is 7.29. The summed E-state index contributed by atoms with van der Waals surface area (Å²) < 4.78 is 0. The molecule has 15 heavy (non-hydrogen) atoms. The topological polar surface area (TPSA) is 24.1 Å². The van der Waals surface area contributed by atoms with E-state index in [1.807, 2.05) is 11.3 Å². The lowest BCUT2D eigenvalue weighted by Crippen LogP contribution is -2.24. The van der Waals surface area contributed by atoms with Gasteiger partial charge in [0.25, 0.3) is 0 Å². The maximum Gasteiger partial charge on any atom is 0.0299 e. The molecule has 0 saturated carbocycles. The van der Waals surface area contributed by atoms with Gasteiger partial charge in [0.05, 0.1) is 0 Å². The zero-order chi connectivity index (χ0) is 10.9. The Morgan fingerprint density at radius 3 is 2.73 bits per heavy atom. The van der Waals surface area contributed by atoms with Crippen LogP contribution in [0.2, 0.25) is 0 Å². The monoisotopic (exact) mass is 226 g/mol. The summed E-state index contributed by atoms with van der Waals surface area (Å²) >= 11 is 1.82. The van der Waals surface area contributed by atoms with Gasteiger partial charge in [0.1, 0.15) is 0 Å². The van der Waals surface area contributed by atoms with Crippen molar-refractivity contribution in [2.75, 3.05) is 13.1 Å². The second-order valence-electron chi connectivity index (χ2n) is 4.07. The molecule has 0 spiro atoms. The van der Waals surface area contributed by atoms with Gasteiger partial charge in [-0.1, -0.05) is 19.9 Å². The van der Waals surface area contributed by atoms with Crippen LogP contribution in [0.25, 0.3) is 0 Å². The van der Waals surface area contributed by atoms with Gasteiger partial charge in [0, 0.05) is 17.5 Å². The number of hydrogen-bond acceptors (Lipinski definition) is 3. The lowest BCUT2D eigenvalue weighted by Gasteiger charge is -2.07. The van der Waals surface area contributed by atoms with Gasteiger partial charge in [-0.2, -0.15) is 0 Å². The van der Waals surface area contributed by atoms with Crippen molar-refractivity contribution in [1.29, 1.82) is 0 Å². The summed E-state index contributed by atoms with van der Waals surface area (Å²) in [5.74, 6) is 0. The standard InChI is InChI=1S/C12H22N2S/c1-11(2)14-8-4-3-7-13-10-12-6-5-9-15-12/h5-6,9,11,13-14H,3-4,7-8,10H2,1-2H3. The van der Waals surface area contributed by atoms with E-state index in [9.17, 15) is 0 Å².